The SMILES string of the molecule is COC(=O)NC(C(=O)N1CCCC1c1ncc(-c2ccc(-c3ccc4cc(-c5cnc(C6CCCN6C(=O)C(NC(=O)OC)C6CCOCC6)[nH]5)ccc4c3)nn2)[nH]1)c1ccccc1. The zero-order chi connectivity index (χ0) is 44.2. The van der Waals surface area contributed by atoms with E-state index in [1.807, 2.05) is 53.6 Å². The summed E-state index contributed by atoms with van der Waals surface area (Å²) in [6.07, 6.45) is 6.68. The molecule has 6 aromatic rings. The number of ether oxygens (including phenoxy) is 3. The van der Waals surface area contributed by atoms with Crippen molar-refractivity contribution < 1.29 is 33.4 Å². The molecule has 6 heterocycles. The molecule has 17 nitrogen and oxygen atoms in total. The van der Waals surface area contributed by atoms with Crippen LogP contribution in [0.5, 0.6) is 0 Å². The molecular weight excluding hydrogens is 817 g/mol. The van der Waals surface area contributed by atoms with Crippen molar-refractivity contribution in [2.75, 3.05) is 40.5 Å². The summed E-state index contributed by atoms with van der Waals surface area (Å²) in [5.74, 6) is 0.948. The molecule has 4 N–H and O–H groups in total. The molecule has 0 radical (unpaired) electrons. The Morgan fingerprint density at radius 1 is 0.672 bits per heavy atom. The van der Waals surface area contributed by atoms with Crippen LogP contribution in [0.4, 0.5) is 9.59 Å². The fraction of sp³-hybridized carbons (Fsp3) is 0.362. The van der Waals surface area contributed by atoms with Gasteiger partial charge < -0.3 is 44.6 Å². The first kappa shape index (κ1) is 42.2. The van der Waals surface area contributed by atoms with E-state index in [0.717, 1.165) is 46.9 Å². The Balaban J connectivity index is 0.868. The summed E-state index contributed by atoms with van der Waals surface area (Å²) in [5.41, 5.74) is 5.38. The molecule has 3 aliphatic heterocycles. The van der Waals surface area contributed by atoms with Gasteiger partial charge in [-0.3, -0.25) is 9.59 Å². The first-order chi connectivity index (χ1) is 31.3. The zero-order valence-corrected chi connectivity index (χ0v) is 35.7. The van der Waals surface area contributed by atoms with Crippen molar-refractivity contribution in [1.82, 2.24) is 50.6 Å². The molecule has 330 valence electrons. The molecule has 0 aliphatic carbocycles. The number of H-pyrrole nitrogens is 2. The highest BCUT2D eigenvalue weighted by molar-refractivity contribution is 5.91. The first-order valence-corrected chi connectivity index (χ1v) is 21.7. The predicted octanol–water partition coefficient (Wildman–Crippen LogP) is 6.65. The number of imidazole rings is 2. The molecule has 9 rings (SSSR count). The molecular formula is C47H50N10O7. The van der Waals surface area contributed by atoms with Gasteiger partial charge in [0.25, 0.3) is 5.91 Å². The van der Waals surface area contributed by atoms with Crippen LogP contribution in [0, 0.1) is 5.92 Å². The van der Waals surface area contributed by atoms with E-state index >= 15 is 0 Å². The molecule has 64 heavy (non-hydrogen) atoms. The van der Waals surface area contributed by atoms with Gasteiger partial charge in [0.2, 0.25) is 5.91 Å². The van der Waals surface area contributed by atoms with Crippen LogP contribution in [-0.4, -0.2) is 110 Å². The van der Waals surface area contributed by atoms with E-state index in [1.54, 1.807) is 23.2 Å². The lowest BCUT2D eigenvalue weighted by Crippen LogP contribution is -2.53. The number of likely N-dealkylation sites (tertiary alicyclic amines) is 2. The second kappa shape index (κ2) is 18.7. The van der Waals surface area contributed by atoms with Gasteiger partial charge in [-0.15, -0.1) is 10.2 Å². The average Bonchev–Trinajstić information content (AvgIpc) is 4.20. The van der Waals surface area contributed by atoms with Gasteiger partial charge in [0.15, 0.2) is 0 Å². The van der Waals surface area contributed by atoms with Crippen molar-refractivity contribution in [3.63, 3.8) is 0 Å². The van der Waals surface area contributed by atoms with Crippen LogP contribution in [0.15, 0.2) is 91.3 Å². The Morgan fingerprint density at radius 3 is 1.91 bits per heavy atom. The monoisotopic (exact) mass is 866 g/mol. The largest absolute Gasteiger partial charge is 0.453 e. The summed E-state index contributed by atoms with van der Waals surface area (Å²) in [6.45, 7) is 2.21. The van der Waals surface area contributed by atoms with E-state index in [0.29, 0.717) is 79.9 Å². The van der Waals surface area contributed by atoms with Crippen LogP contribution in [0.3, 0.4) is 0 Å². The van der Waals surface area contributed by atoms with Gasteiger partial charge in [0, 0.05) is 37.4 Å². The number of nitrogens with one attached hydrogen (secondary N) is 4. The van der Waals surface area contributed by atoms with Gasteiger partial charge in [-0.1, -0.05) is 54.6 Å². The van der Waals surface area contributed by atoms with Crippen LogP contribution in [-0.2, 0) is 23.8 Å². The minimum Gasteiger partial charge on any atom is -0.453 e. The van der Waals surface area contributed by atoms with Crippen LogP contribution >= 0.6 is 0 Å². The van der Waals surface area contributed by atoms with Gasteiger partial charge in [-0.2, -0.15) is 0 Å². The van der Waals surface area contributed by atoms with Crippen molar-refractivity contribution >= 4 is 34.8 Å². The Labute approximate surface area is 369 Å². The zero-order valence-electron chi connectivity index (χ0n) is 35.7. The molecule has 3 fully saturated rings. The van der Waals surface area contributed by atoms with Gasteiger partial charge in [0.05, 0.1) is 55.8 Å². The summed E-state index contributed by atoms with van der Waals surface area (Å²) in [5, 5.41) is 16.7. The number of nitrogens with zero attached hydrogens (tertiary/aromatic N) is 6. The van der Waals surface area contributed by atoms with E-state index < -0.39 is 24.3 Å². The number of fused-ring (bicyclic) bond motifs is 1. The Bertz CT molecular complexity index is 2630. The molecule has 3 saturated heterocycles. The number of carbonyl (C=O) groups is 4. The van der Waals surface area contributed by atoms with Gasteiger partial charge >= 0.3 is 12.2 Å². The smallest absolute Gasteiger partial charge is 0.407 e. The lowest BCUT2D eigenvalue weighted by atomic mass is 9.90. The highest BCUT2D eigenvalue weighted by Gasteiger charge is 2.40. The van der Waals surface area contributed by atoms with Crippen molar-refractivity contribution in [3.8, 4) is 33.9 Å². The number of carbonyl (C=O) groups excluding carboxylic acids is 4. The molecule has 4 atom stereocenters. The Morgan fingerprint density at radius 2 is 1.25 bits per heavy atom. The summed E-state index contributed by atoms with van der Waals surface area (Å²) < 4.78 is 15.2. The fourth-order valence-corrected chi connectivity index (χ4v) is 9.19. The topological polar surface area (TPSA) is 210 Å². The lowest BCUT2D eigenvalue weighted by molar-refractivity contribution is -0.137. The maximum absolute atomic E-state index is 14.0. The number of benzene rings is 3. The van der Waals surface area contributed by atoms with Gasteiger partial charge in [-0.25, -0.2) is 19.6 Å². The summed E-state index contributed by atoms with van der Waals surface area (Å²) in [4.78, 5) is 72.3. The third kappa shape index (κ3) is 8.75. The van der Waals surface area contributed by atoms with Crippen LogP contribution in [0.25, 0.3) is 44.7 Å². The summed E-state index contributed by atoms with van der Waals surface area (Å²) >= 11 is 0. The Hall–Kier alpha value is -7.14. The highest BCUT2D eigenvalue weighted by Crippen LogP contribution is 2.36. The van der Waals surface area contributed by atoms with E-state index in [-0.39, 0.29) is 29.8 Å². The molecule has 3 aliphatic rings. The van der Waals surface area contributed by atoms with E-state index in [1.165, 1.54) is 14.2 Å². The fourth-order valence-electron chi connectivity index (χ4n) is 9.19. The molecule has 4 unspecified atom stereocenters. The molecule has 3 aromatic carbocycles. The van der Waals surface area contributed by atoms with Gasteiger partial charge in [0.1, 0.15) is 29.4 Å². The summed E-state index contributed by atoms with van der Waals surface area (Å²) in [6, 6.07) is 23.2. The minimum absolute atomic E-state index is 0.0378. The lowest BCUT2D eigenvalue weighted by Gasteiger charge is -2.34. The van der Waals surface area contributed by atoms with Crippen molar-refractivity contribution in [1.29, 1.82) is 0 Å². The number of hydrogen-bond acceptors (Lipinski definition) is 11. The predicted molar refractivity (Wildman–Crippen MR) is 235 cm³/mol. The quantitative estimate of drug-likeness (QED) is 0.108. The highest BCUT2D eigenvalue weighted by atomic mass is 16.5. The van der Waals surface area contributed by atoms with E-state index in [9.17, 15) is 19.2 Å². The summed E-state index contributed by atoms with van der Waals surface area (Å²) in [7, 11) is 2.58. The number of aromatic amines is 2. The first-order valence-electron chi connectivity index (χ1n) is 21.7. The molecule has 3 aromatic heterocycles. The van der Waals surface area contributed by atoms with Crippen molar-refractivity contribution in [3.05, 3.63) is 108 Å². The van der Waals surface area contributed by atoms with E-state index in [2.05, 4.69) is 60.0 Å². The average molecular weight is 867 g/mol. The molecule has 0 bridgehead atoms. The number of methoxy groups -OCH3 is 2. The standard InChI is InChI=1S/C47H50N10O7/c1-62-46(60)52-40(28-8-4-3-5-9-28)44(58)57-21-7-11-39(57)43-49-27-37(51-43)35-17-16-34(54-55-35)32-14-12-31-25-33(15-13-30(31)24-32)36-26-48-42(50-36)38-10-6-20-56(38)45(59)41(53-47(61)63-2)29-18-22-64-23-19-29/h3-5,8-9,12-17,24-27,29,38-41H,6-7,10-11,18-23H2,1-2H3,(H,48,50)(H,49,51)(H,52,60)(H,53,61). The second-order valence-electron chi connectivity index (χ2n) is 16.4. The molecule has 17 heteroatoms. The van der Waals surface area contributed by atoms with Crippen LogP contribution < -0.4 is 10.6 Å². The maximum Gasteiger partial charge on any atom is 0.407 e. The number of hydrogen-bond donors (Lipinski definition) is 4. The second-order valence-corrected chi connectivity index (χ2v) is 16.4. The molecule has 0 spiro atoms. The minimum atomic E-state index is -0.904. The third-order valence-corrected chi connectivity index (χ3v) is 12.6. The van der Waals surface area contributed by atoms with Gasteiger partial charge in [-0.05, 0) is 85.0 Å². The third-order valence-electron chi connectivity index (χ3n) is 12.6. The number of rotatable bonds is 11. The Kier molecular flexibility index (Phi) is 12.3. The van der Waals surface area contributed by atoms with E-state index in [4.69, 9.17) is 19.2 Å². The number of aromatic nitrogens is 6. The van der Waals surface area contributed by atoms with Crippen LogP contribution in [0.1, 0.15) is 73.9 Å². The maximum atomic E-state index is 14.0. The van der Waals surface area contributed by atoms with Crippen molar-refractivity contribution in [2.45, 2.75) is 62.7 Å². The van der Waals surface area contributed by atoms with Crippen molar-refractivity contribution in [2.24, 2.45) is 5.92 Å². The molecule has 0 saturated carbocycles. The normalized spacial score (nSPS) is 18.7. The number of amides is 4. The van der Waals surface area contributed by atoms with Crippen LogP contribution in [0.2, 0.25) is 0 Å². The number of alkyl carbamates (subject to hydrolysis) is 2. The molecule has 4 amide bonds.